The Labute approximate surface area is 177 Å². The molecule has 0 unspecified atom stereocenters. The Balaban J connectivity index is 2.55. The van der Waals surface area contributed by atoms with Crippen molar-refractivity contribution in [2.45, 2.75) is 6.18 Å². The molecule has 11 heteroatoms. The van der Waals surface area contributed by atoms with Crippen molar-refractivity contribution in [3.63, 3.8) is 0 Å². The van der Waals surface area contributed by atoms with Crippen LogP contribution in [0.25, 0.3) is 0 Å². The van der Waals surface area contributed by atoms with Gasteiger partial charge in [-0.3, -0.25) is 9.59 Å². The first-order valence-electron chi connectivity index (χ1n) is 8.72. The van der Waals surface area contributed by atoms with E-state index in [-0.39, 0.29) is 4.90 Å². The maximum absolute atomic E-state index is 13.1. The highest BCUT2D eigenvalue weighted by molar-refractivity contribution is 8.16. The highest BCUT2D eigenvalue weighted by atomic mass is 32.4. The highest BCUT2D eigenvalue weighted by Crippen LogP contribution is 2.56. The zero-order valence-corrected chi connectivity index (χ0v) is 18.0. The molecule has 0 bridgehead atoms. The third-order valence-electron chi connectivity index (χ3n) is 4.41. The summed E-state index contributed by atoms with van der Waals surface area (Å²) in [7, 11) is 3.26. The number of aliphatic carboxylic acids is 1. The molecule has 0 aromatic heterocycles. The smallest absolute Gasteiger partial charge is 0.471 e. The van der Waals surface area contributed by atoms with E-state index in [0.717, 1.165) is 0 Å². The summed E-state index contributed by atoms with van der Waals surface area (Å²) in [5, 5.41) is 9.10. The van der Waals surface area contributed by atoms with E-state index in [1.54, 1.807) is 84.1 Å². The average molecular weight is 459 g/mol. The van der Waals surface area contributed by atoms with Crippen molar-refractivity contribution < 1.29 is 27.9 Å². The van der Waals surface area contributed by atoms with E-state index in [2.05, 4.69) is 0 Å². The molecule has 0 saturated heterocycles. The number of carbonyl (C=O) groups is 2. The van der Waals surface area contributed by atoms with Crippen molar-refractivity contribution in [2.24, 2.45) is 0 Å². The second-order valence-corrected chi connectivity index (χ2v) is 11.0. The second kappa shape index (κ2) is 9.49. The lowest BCUT2D eigenvalue weighted by molar-refractivity contribution is -0.185. The number of anilines is 2. The molecule has 0 heterocycles. The first kappa shape index (κ1) is 23.7. The van der Waals surface area contributed by atoms with Crippen LogP contribution in [0.2, 0.25) is 0 Å². The first-order valence-corrected chi connectivity index (χ1v) is 11.6. The van der Waals surface area contributed by atoms with Gasteiger partial charge in [-0.05, 0) is 36.1 Å². The fourth-order valence-corrected chi connectivity index (χ4v) is 6.22. The molecule has 6 nitrogen and oxygen atoms in total. The monoisotopic (exact) mass is 459 g/mol. The second-order valence-electron chi connectivity index (χ2n) is 6.42. The van der Waals surface area contributed by atoms with Gasteiger partial charge >= 0.3 is 18.1 Å². The van der Waals surface area contributed by atoms with Crippen molar-refractivity contribution in [3.05, 3.63) is 60.7 Å². The van der Waals surface area contributed by atoms with E-state index in [0.29, 0.717) is 11.4 Å². The van der Waals surface area contributed by atoms with Gasteiger partial charge in [0.25, 0.3) is 0 Å². The first-order chi connectivity index (χ1) is 14.0. The normalized spacial score (nSPS) is 11.6. The maximum Gasteiger partial charge on any atom is 0.471 e. The minimum absolute atomic E-state index is 0.266. The van der Waals surface area contributed by atoms with Crippen molar-refractivity contribution in [3.8, 4) is 0 Å². The van der Waals surface area contributed by atoms with Gasteiger partial charge in [-0.25, -0.2) is 0 Å². The van der Waals surface area contributed by atoms with Crippen molar-refractivity contribution >= 4 is 41.4 Å². The summed E-state index contributed by atoms with van der Waals surface area (Å²) in [5.41, 5.74) is 1.27. The Hall–Kier alpha value is -2.58. The number of para-hydroxylation sites is 2. The van der Waals surface area contributed by atoms with E-state index >= 15 is 0 Å². The summed E-state index contributed by atoms with van der Waals surface area (Å²) in [6.07, 6.45) is -8.93. The van der Waals surface area contributed by atoms with Gasteiger partial charge in [0.1, 0.15) is 12.9 Å². The predicted molar refractivity (Wildman–Crippen MR) is 114 cm³/mol. The fourth-order valence-electron chi connectivity index (χ4n) is 2.79. The van der Waals surface area contributed by atoms with E-state index in [1.807, 2.05) is 0 Å². The van der Waals surface area contributed by atoms with Gasteiger partial charge in [-0.2, -0.15) is 13.2 Å². The van der Waals surface area contributed by atoms with Crippen LogP contribution in [0.1, 0.15) is 0 Å². The summed E-state index contributed by atoms with van der Waals surface area (Å²) < 4.78 is 42.7. The molecule has 1 amide bonds. The number of hydrogen-bond donors (Lipinski definition) is 1. The number of hydrogen-bond acceptors (Lipinski definition) is 3. The topological polar surface area (TPSA) is 64.1 Å². The predicted octanol–water partition coefficient (Wildman–Crippen LogP) is 4.00. The standard InChI is InChI=1S/C19H21F3N3O3PS/c1-23(15-9-5-3-6-10-15)29(30,24(2)16-11-7-4-8-12-16)14-25(13-17(26)27)18(28)19(20,21)22/h3-12H,13-14H2,1-2H3,(H,26,27). The highest BCUT2D eigenvalue weighted by Gasteiger charge is 2.45. The Morgan fingerprint density at radius 3 is 1.67 bits per heavy atom. The number of carboxylic acid groups (broad SMARTS) is 1. The van der Waals surface area contributed by atoms with Crippen LogP contribution in [-0.2, 0) is 21.4 Å². The van der Waals surface area contributed by atoms with E-state index in [4.69, 9.17) is 16.9 Å². The molecule has 2 aromatic carbocycles. The minimum atomic E-state index is -5.22. The molecule has 2 aromatic rings. The lowest BCUT2D eigenvalue weighted by Crippen LogP contribution is -2.46. The lowest BCUT2D eigenvalue weighted by Gasteiger charge is -2.43. The van der Waals surface area contributed by atoms with Crippen LogP contribution in [0.15, 0.2) is 60.7 Å². The summed E-state index contributed by atoms with van der Waals surface area (Å²) in [4.78, 5) is 23.4. The molecule has 0 aliphatic carbocycles. The molecule has 0 fully saturated rings. The molecule has 0 atom stereocenters. The molecule has 1 N–H and O–H groups in total. The van der Waals surface area contributed by atoms with Crippen molar-refractivity contribution in [2.75, 3.05) is 36.3 Å². The number of carboxylic acids is 1. The molecular weight excluding hydrogens is 438 g/mol. The third-order valence-corrected chi connectivity index (χ3v) is 9.27. The van der Waals surface area contributed by atoms with E-state index < -0.39 is 37.2 Å². The summed E-state index contributed by atoms with van der Waals surface area (Å²) in [5.74, 6) is -3.79. The molecule has 0 aliphatic heterocycles. The number of alkyl halides is 3. The maximum atomic E-state index is 13.1. The molecule has 0 saturated carbocycles. The number of carbonyl (C=O) groups excluding carboxylic acids is 1. The third kappa shape index (κ3) is 5.52. The van der Waals surface area contributed by atoms with Crippen LogP contribution < -0.4 is 9.34 Å². The molecule has 162 valence electrons. The number of nitrogens with zero attached hydrogens (tertiary/aromatic N) is 3. The number of amides is 1. The number of halogens is 3. The lowest BCUT2D eigenvalue weighted by atomic mass is 10.3. The van der Waals surface area contributed by atoms with Crippen LogP contribution in [0, 0.1) is 0 Å². The molecule has 0 aliphatic rings. The van der Waals surface area contributed by atoms with Gasteiger partial charge in [0.05, 0.1) is 6.29 Å². The van der Waals surface area contributed by atoms with Crippen molar-refractivity contribution in [1.29, 1.82) is 0 Å². The number of rotatable bonds is 8. The van der Waals surface area contributed by atoms with Crippen LogP contribution >= 0.6 is 6.34 Å². The van der Waals surface area contributed by atoms with Gasteiger partial charge in [0.15, 0.2) is 0 Å². The van der Waals surface area contributed by atoms with Gasteiger partial charge in [0, 0.05) is 25.5 Å². The zero-order chi connectivity index (χ0) is 22.5. The van der Waals surface area contributed by atoms with Gasteiger partial charge in [0.2, 0.25) is 0 Å². The number of benzene rings is 2. The van der Waals surface area contributed by atoms with Gasteiger partial charge in [-0.1, -0.05) is 36.4 Å². The SMILES string of the molecule is CN(c1ccccc1)P(=S)(CN(CC(=O)O)C(=O)C(F)(F)F)N(C)c1ccccc1. The largest absolute Gasteiger partial charge is 0.480 e. The van der Waals surface area contributed by atoms with Crippen LogP contribution in [0.5, 0.6) is 0 Å². The van der Waals surface area contributed by atoms with Crippen LogP contribution in [0.4, 0.5) is 24.5 Å². The average Bonchev–Trinajstić information content (AvgIpc) is 2.71. The Morgan fingerprint density at radius 2 is 1.33 bits per heavy atom. The van der Waals surface area contributed by atoms with Crippen LogP contribution in [-0.4, -0.2) is 55.0 Å². The Morgan fingerprint density at radius 1 is 0.933 bits per heavy atom. The molecule has 0 radical (unpaired) electrons. The molecule has 2 rings (SSSR count). The summed E-state index contributed by atoms with van der Waals surface area (Å²) in [6, 6.07) is 17.6. The Bertz CT molecular complexity index is 879. The minimum Gasteiger partial charge on any atom is -0.480 e. The quantitative estimate of drug-likeness (QED) is 0.602. The summed E-state index contributed by atoms with van der Waals surface area (Å²) >= 11 is 5.89. The zero-order valence-electron chi connectivity index (χ0n) is 16.3. The van der Waals surface area contributed by atoms with Gasteiger partial charge < -0.3 is 19.3 Å². The molecular formula is C19H21F3N3O3PS. The van der Waals surface area contributed by atoms with E-state index in [1.165, 1.54) is 0 Å². The molecule has 0 spiro atoms. The summed E-state index contributed by atoms with van der Waals surface area (Å²) in [6.45, 7) is -1.11. The van der Waals surface area contributed by atoms with E-state index in [9.17, 15) is 22.8 Å². The van der Waals surface area contributed by atoms with Crippen LogP contribution in [0.3, 0.4) is 0 Å². The molecule has 30 heavy (non-hydrogen) atoms. The van der Waals surface area contributed by atoms with Crippen molar-refractivity contribution in [1.82, 2.24) is 4.90 Å². The van der Waals surface area contributed by atoms with Gasteiger partial charge in [-0.15, -0.1) is 0 Å². The fraction of sp³-hybridized carbons (Fsp3) is 0.263. The Kier molecular flexibility index (Phi) is 7.49.